The van der Waals surface area contributed by atoms with Crippen molar-refractivity contribution in [1.82, 2.24) is 5.32 Å². The molecule has 0 bridgehead atoms. The number of carbonyl (C=O) groups excluding carboxylic acids is 3. The molecule has 1 saturated carbocycles. The van der Waals surface area contributed by atoms with Crippen molar-refractivity contribution in [3.05, 3.63) is 71.8 Å². The Kier molecular flexibility index (Phi) is 7.57. The second-order valence-corrected chi connectivity index (χ2v) is 7.23. The lowest BCUT2D eigenvalue weighted by atomic mass is 10.1. The Morgan fingerprint density at radius 3 is 2.33 bits per heavy atom. The molecule has 3 rings (SSSR count). The van der Waals surface area contributed by atoms with Crippen molar-refractivity contribution in [2.75, 3.05) is 6.61 Å². The van der Waals surface area contributed by atoms with Gasteiger partial charge < -0.3 is 19.5 Å². The standard InChI is InChI=1S/C23H25NO6/c1-16(26)24-20-12-19(14-29-23(27)18-10-6-3-7-11-18)21(30-15-25)22(20)28-13-17-8-4-2-5-9-17/h2-11,15,19-22H,12-14H2,1H3,(H,24,26)/t19-,20-,21-,22+/m1/s1. The Morgan fingerprint density at radius 2 is 1.70 bits per heavy atom. The van der Waals surface area contributed by atoms with Crippen molar-refractivity contribution >= 4 is 18.3 Å². The van der Waals surface area contributed by atoms with Gasteiger partial charge >= 0.3 is 5.97 Å². The van der Waals surface area contributed by atoms with Crippen LogP contribution in [0.4, 0.5) is 0 Å². The number of hydrogen-bond donors (Lipinski definition) is 1. The number of esters is 1. The average Bonchev–Trinajstić information content (AvgIpc) is 3.07. The Bertz CT molecular complexity index is 841. The van der Waals surface area contributed by atoms with E-state index < -0.39 is 18.2 Å². The number of rotatable bonds is 9. The minimum absolute atomic E-state index is 0.0491. The van der Waals surface area contributed by atoms with Gasteiger partial charge in [0, 0.05) is 12.8 Å². The van der Waals surface area contributed by atoms with Gasteiger partial charge in [-0.25, -0.2) is 4.79 Å². The lowest BCUT2D eigenvalue weighted by Gasteiger charge is -2.26. The van der Waals surface area contributed by atoms with Crippen LogP contribution in [0.3, 0.4) is 0 Å². The summed E-state index contributed by atoms with van der Waals surface area (Å²) in [5.41, 5.74) is 1.40. The zero-order valence-corrected chi connectivity index (χ0v) is 16.7. The van der Waals surface area contributed by atoms with Crippen LogP contribution in [0.5, 0.6) is 0 Å². The van der Waals surface area contributed by atoms with E-state index in [-0.39, 0.29) is 24.5 Å². The quantitative estimate of drug-likeness (QED) is 0.504. The molecule has 7 nitrogen and oxygen atoms in total. The molecular weight excluding hydrogens is 386 g/mol. The molecule has 0 aromatic heterocycles. The third kappa shape index (κ3) is 5.67. The highest BCUT2D eigenvalue weighted by Gasteiger charge is 2.46. The molecule has 1 N–H and O–H groups in total. The molecule has 1 fully saturated rings. The van der Waals surface area contributed by atoms with Crippen LogP contribution in [0.15, 0.2) is 60.7 Å². The van der Waals surface area contributed by atoms with E-state index in [1.165, 1.54) is 6.92 Å². The van der Waals surface area contributed by atoms with Crippen molar-refractivity contribution in [2.45, 2.75) is 38.2 Å². The highest BCUT2D eigenvalue weighted by Crippen LogP contribution is 2.32. The van der Waals surface area contributed by atoms with Gasteiger partial charge in [0.15, 0.2) is 0 Å². The van der Waals surface area contributed by atoms with Crippen LogP contribution in [0, 0.1) is 5.92 Å². The summed E-state index contributed by atoms with van der Waals surface area (Å²) in [4.78, 5) is 35.1. The molecule has 1 aliphatic rings. The fourth-order valence-electron chi connectivity index (χ4n) is 3.73. The summed E-state index contributed by atoms with van der Waals surface area (Å²) in [5.74, 6) is -0.967. The zero-order chi connectivity index (χ0) is 21.3. The van der Waals surface area contributed by atoms with Gasteiger partial charge in [0.1, 0.15) is 12.2 Å². The summed E-state index contributed by atoms with van der Waals surface area (Å²) in [6, 6.07) is 17.9. The topological polar surface area (TPSA) is 90.9 Å². The van der Waals surface area contributed by atoms with E-state index in [4.69, 9.17) is 14.2 Å². The molecule has 1 amide bonds. The maximum atomic E-state index is 12.3. The van der Waals surface area contributed by atoms with E-state index in [9.17, 15) is 14.4 Å². The molecule has 2 aromatic carbocycles. The fourth-order valence-corrected chi connectivity index (χ4v) is 3.73. The molecule has 7 heteroatoms. The van der Waals surface area contributed by atoms with Crippen LogP contribution in [-0.2, 0) is 30.4 Å². The van der Waals surface area contributed by atoms with E-state index in [1.807, 2.05) is 36.4 Å². The molecule has 30 heavy (non-hydrogen) atoms. The summed E-state index contributed by atoms with van der Waals surface area (Å²) in [6.07, 6.45) is -0.744. The van der Waals surface area contributed by atoms with Gasteiger partial charge in [-0.15, -0.1) is 0 Å². The van der Waals surface area contributed by atoms with Gasteiger partial charge in [-0.2, -0.15) is 0 Å². The van der Waals surface area contributed by atoms with Gasteiger partial charge in [0.2, 0.25) is 5.91 Å². The Hall–Kier alpha value is -3.19. The summed E-state index contributed by atoms with van der Waals surface area (Å²) >= 11 is 0. The number of nitrogens with one attached hydrogen (secondary N) is 1. The zero-order valence-electron chi connectivity index (χ0n) is 16.7. The van der Waals surface area contributed by atoms with Crippen LogP contribution in [0.2, 0.25) is 0 Å². The Labute approximate surface area is 175 Å². The summed E-state index contributed by atoms with van der Waals surface area (Å²) in [6.45, 7) is 2.14. The molecule has 0 heterocycles. The minimum atomic E-state index is -0.647. The number of benzene rings is 2. The number of hydrogen-bond acceptors (Lipinski definition) is 6. The van der Waals surface area contributed by atoms with Crippen LogP contribution in [0.25, 0.3) is 0 Å². The van der Waals surface area contributed by atoms with Crippen LogP contribution in [0.1, 0.15) is 29.3 Å². The fraction of sp³-hybridized carbons (Fsp3) is 0.348. The first kappa shape index (κ1) is 21.5. The SMILES string of the molecule is CC(=O)N[C@@H]1C[C@H](COC(=O)c2ccccc2)[C@@H](OC=O)[C@H]1OCc1ccccc1. The molecule has 4 atom stereocenters. The second-order valence-electron chi connectivity index (χ2n) is 7.23. The molecule has 0 spiro atoms. The summed E-state index contributed by atoms with van der Waals surface area (Å²) in [5, 5.41) is 2.87. The van der Waals surface area contributed by atoms with Gasteiger partial charge in [-0.1, -0.05) is 48.5 Å². The van der Waals surface area contributed by atoms with E-state index in [0.29, 0.717) is 25.1 Å². The largest absolute Gasteiger partial charge is 0.462 e. The number of ether oxygens (including phenoxy) is 3. The first-order chi connectivity index (χ1) is 14.6. The van der Waals surface area contributed by atoms with Gasteiger partial charge in [0.05, 0.1) is 24.8 Å². The molecule has 2 aromatic rings. The normalized spacial score (nSPS) is 22.8. The molecule has 1 aliphatic carbocycles. The molecule has 0 radical (unpaired) electrons. The lowest BCUT2D eigenvalue weighted by Crippen LogP contribution is -2.44. The molecule has 0 unspecified atom stereocenters. The minimum Gasteiger partial charge on any atom is -0.462 e. The Morgan fingerprint density at radius 1 is 1.03 bits per heavy atom. The molecular formula is C23H25NO6. The van der Waals surface area contributed by atoms with E-state index in [1.54, 1.807) is 24.3 Å². The summed E-state index contributed by atoms with van der Waals surface area (Å²) < 4.78 is 16.8. The predicted octanol–water partition coefficient (Wildman–Crippen LogP) is 2.50. The van der Waals surface area contributed by atoms with Gasteiger partial charge in [0.25, 0.3) is 6.47 Å². The lowest BCUT2D eigenvalue weighted by molar-refractivity contribution is -0.145. The van der Waals surface area contributed by atoms with Crippen molar-refractivity contribution < 1.29 is 28.6 Å². The maximum absolute atomic E-state index is 12.3. The first-order valence-corrected chi connectivity index (χ1v) is 9.82. The van der Waals surface area contributed by atoms with E-state index in [2.05, 4.69) is 5.32 Å². The van der Waals surface area contributed by atoms with Crippen molar-refractivity contribution in [2.24, 2.45) is 5.92 Å². The average molecular weight is 411 g/mol. The maximum Gasteiger partial charge on any atom is 0.338 e. The van der Waals surface area contributed by atoms with E-state index >= 15 is 0 Å². The molecule has 158 valence electrons. The van der Waals surface area contributed by atoms with Crippen molar-refractivity contribution in [1.29, 1.82) is 0 Å². The van der Waals surface area contributed by atoms with Crippen molar-refractivity contribution in [3.63, 3.8) is 0 Å². The highest BCUT2D eigenvalue weighted by molar-refractivity contribution is 5.89. The van der Waals surface area contributed by atoms with Crippen LogP contribution < -0.4 is 5.32 Å². The smallest absolute Gasteiger partial charge is 0.338 e. The summed E-state index contributed by atoms with van der Waals surface area (Å²) in [7, 11) is 0. The number of carbonyl (C=O) groups is 3. The van der Waals surface area contributed by atoms with Crippen LogP contribution >= 0.6 is 0 Å². The second kappa shape index (κ2) is 10.5. The van der Waals surface area contributed by atoms with E-state index in [0.717, 1.165) is 5.56 Å². The predicted molar refractivity (Wildman–Crippen MR) is 108 cm³/mol. The van der Waals surface area contributed by atoms with Gasteiger partial charge in [-0.3, -0.25) is 9.59 Å². The third-order valence-electron chi connectivity index (χ3n) is 5.07. The monoisotopic (exact) mass is 411 g/mol. The van der Waals surface area contributed by atoms with Gasteiger partial charge in [-0.05, 0) is 24.1 Å². The third-order valence-corrected chi connectivity index (χ3v) is 5.07. The van der Waals surface area contributed by atoms with Crippen molar-refractivity contribution in [3.8, 4) is 0 Å². The first-order valence-electron chi connectivity index (χ1n) is 9.82. The molecule has 0 saturated heterocycles. The Balaban J connectivity index is 1.69. The van der Waals surface area contributed by atoms with Crippen LogP contribution in [-0.4, -0.2) is 43.2 Å². The number of amides is 1. The highest BCUT2D eigenvalue weighted by atomic mass is 16.6. The molecule has 0 aliphatic heterocycles.